The number of alkyl halides is 2. The number of rotatable bonds is 5. The highest BCUT2D eigenvalue weighted by Crippen LogP contribution is 2.46. The number of halogens is 2. The fraction of sp³-hybridized carbons (Fsp3) is 0.524. The van der Waals surface area contributed by atoms with Crippen LogP contribution in [0.1, 0.15) is 48.4 Å². The van der Waals surface area contributed by atoms with E-state index in [2.05, 4.69) is 0 Å². The summed E-state index contributed by atoms with van der Waals surface area (Å²) in [5.41, 5.74) is 0.146. The molecule has 2 aliphatic heterocycles. The van der Waals surface area contributed by atoms with E-state index in [1.54, 1.807) is 32.9 Å². The maximum absolute atomic E-state index is 13.2. The van der Waals surface area contributed by atoms with Crippen molar-refractivity contribution in [3.05, 3.63) is 40.1 Å². The third-order valence-corrected chi connectivity index (χ3v) is 5.43. The van der Waals surface area contributed by atoms with Crippen LogP contribution in [0, 0.1) is 13.8 Å². The molecule has 1 aromatic rings. The highest BCUT2D eigenvalue weighted by Gasteiger charge is 2.53. The number of carbonyl (C=O) groups excluding carboxylic acids is 2. The van der Waals surface area contributed by atoms with Crippen molar-refractivity contribution >= 4 is 17.7 Å². The van der Waals surface area contributed by atoms with Crippen LogP contribution >= 0.6 is 0 Å². The molecular formula is C21H25F2NO6. The Hall–Kier alpha value is -2.52. The summed E-state index contributed by atoms with van der Waals surface area (Å²) in [5.74, 6) is -0.589. The van der Waals surface area contributed by atoms with Gasteiger partial charge in [0.25, 0.3) is 6.43 Å². The number of ether oxygens (including phenoxy) is 3. The minimum absolute atomic E-state index is 0.0673. The minimum Gasteiger partial charge on any atom is -0.447 e. The van der Waals surface area contributed by atoms with Crippen molar-refractivity contribution in [2.45, 2.75) is 45.6 Å². The predicted molar refractivity (Wildman–Crippen MR) is 103 cm³/mol. The molecule has 1 aromatic carbocycles. The first kappa shape index (κ1) is 22.2. The molecule has 0 amide bonds. The molecule has 0 N–H and O–H groups in total. The van der Waals surface area contributed by atoms with E-state index >= 15 is 0 Å². The number of aryl methyl sites for hydroxylation is 2. The molecule has 164 valence electrons. The molecule has 3 rings (SSSR count). The second-order valence-electron chi connectivity index (χ2n) is 7.31. The number of hydrogen-bond donors (Lipinski definition) is 0. The summed E-state index contributed by atoms with van der Waals surface area (Å²) in [6, 6.07) is 2.65. The molecular weight excluding hydrogens is 400 g/mol. The Bertz CT molecular complexity index is 851. The van der Waals surface area contributed by atoms with E-state index in [4.69, 9.17) is 19.0 Å². The Kier molecular flexibility index (Phi) is 6.42. The van der Waals surface area contributed by atoms with Gasteiger partial charge in [0, 0.05) is 31.5 Å². The summed E-state index contributed by atoms with van der Waals surface area (Å²) in [6.07, 6.45) is -2.90. The van der Waals surface area contributed by atoms with Crippen LogP contribution in [0.2, 0.25) is 0 Å². The van der Waals surface area contributed by atoms with Crippen molar-refractivity contribution < 1.29 is 37.4 Å². The zero-order valence-electron chi connectivity index (χ0n) is 17.4. The lowest BCUT2D eigenvalue weighted by Gasteiger charge is -2.37. The highest BCUT2D eigenvalue weighted by molar-refractivity contribution is 6.20. The lowest BCUT2D eigenvalue weighted by molar-refractivity contribution is -0.183. The molecule has 0 aromatic heterocycles. The number of esters is 1. The number of nitrogens with zero attached hydrogens (tertiary/aromatic N) is 1. The first-order valence-corrected chi connectivity index (χ1v) is 9.73. The van der Waals surface area contributed by atoms with Crippen LogP contribution in [0.15, 0.2) is 17.9 Å². The number of carbonyl (C=O) groups is 2. The van der Waals surface area contributed by atoms with Gasteiger partial charge in [-0.3, -0.25) is 0 Å². The fourth-order valence-corrected chi connectivity index (χ4v) is 4.06. The van der Waals surface area contributed by atoms with Gasteiger partial charge in [0.2, 0.25) is 0 Å². The van der Waals surface area contributed by atoms with Crippen molar-refractivity contribution in [3.8, 4) is 0 Å². The van der Waals surface area contributed by atoms with Crippen molar-refractivity contribution in [3.63, 3.8) is 0 Å². The van der Waals surface area contributed by atoms with Gasteiger partial charge in [-0.2, -0.15) is 5.06 Å². The average Bonchev–Trinajstić information content (AvgIpc) is 2.93. The average molecular weight is 425 g/mol. The van der Waals surface area contributed by atoms with Crippen LogP contribution in [0.4, 0.5) is 13.6 Å². The molecule has 2 heterocycles. The van der Waals surface area contributed by atoms with Gasteiger partial charge in [-0.25, -0.2) is 18.4 Å². The summed E-state index contributed by atoms with van der Waals surface area (Å²) < 4.78 is 42.6. The standard InChI is InChI=1S/C21H25F2NO6/c1-5-28-20(26)29-17-16(15-12(2)10-14(18(22)23)11-13(15)3)19(25)30-21(17)6-8-24(27-4)9-7-21/h10-11,18H,5-9H2,1-4H3. The van der Waals surface area contributed by atoms with E-state index in [0.29, 0.717) is 42.6 Å². The summed E-state index contributed by atoms with van der Waals surface area (Å²) in [6.45, 7) is 5.91. The van der Waals surface area contributed by atoms with Crippen molar-refractivity contribution in [1.29, 1.82) is 0 Å². The molecule has 1 spiro atoms. The van der Waals surface area contributed by atoms with Gasteiger partial charge in [-0.05, 0) is 49.6 Å². The first-order valence-electron chi connectivity index (χ1n) is 9.73. The largest absolute Gasteiger partial charge is 0.513 e. The van der Waals surface area contributed by atoms with Crippen LogP contribution in [0.3, 0.4) is 0 Å². The molecule has 0 saturated carbocycles. The quantitative estimate of drug-likeness (QED) is 0.658. The number of benzene rings is 1. The number of hydroxylamine groups is 2. The zero-order chi connectivity index (χ0) is 22.1. The number of hydrogen-bond acceptors (Lipinski definition) is 7. The lowest BCUT2D eigenvalue weighted by atomic mass is 9.86. The van der Waals surface area contributed by atoms with Gasteiger partial charge < -0.3 is 19.0 Å². The van der Waals surface area contributed by atoms with Gasteiger partial charge in [-0.15, -0.1) is 0 Å². The molecule has 0 unspecified atom stereocenters. The van der Waals surface area contributed by atoms with E-state index in [1.807, 2.05) is 0 Å². The fourth-order valence-electron chi connectivity index (χ4n) is 4.06. The minimum atomic E-state index is -2.64. The lowest BCUT2D eigenvalue weighted by Crippen LogP contribution is -2.46. The monoisotopic (exact) mass is 425 g/mol. The molecule has 7 nitrogen and oxygen atoms in total. The molecule has 9 heteroatoms. The Labute approximate surface area is 173 Å². The molecule has 1 saturated heterocycles. The van der Waals surface area contributed by atoms with Crippen LogP contribution in [-0.2, 0) is 23.8 Å². The van der Waals surface area contributed by atoms with E-state index < -0.39 is 24.2 Å². The maximum Gasteiger partial charge on any atom is 0.513 e. The van der Waals surface area contributed by atoms with Gasteiger partial charge in [-0.1, -0.05) is 0 Å². The normalized spacial score (nSPS) is 18.8. The summed E-state index contributed by atoms with van der Waals surface area (Å²) in [7, 11) is 1.55. The SMILES string of the molecule is CCOC(=O)OC1=C(c2c(C)cc(C(F)F)cc2C)C(=O)OC12CCN(OC)CC2. The predicted octanol–water partition coefficient (Wildman–Crippen LogP) is 4.08. The second-order valence-corrected chi connectivity index (χ2v) is 7.31. The molecule has 30 heavy (non-hydrogen) atoms. The summed E-state index contributed by atoms with van der Waals surface area (Å²) in [5, 5.41) is 1.72. The van der Waals surface area contributed by atoms with Gasteiger partial charge >= 0.3 is 12.1 Å². The summed E-state index contributed by atoms with van der Waals surface area (Å²) in [4.78, 5) is 30.4. The summed E-state index contributed by atoms with van der Waals surface area (Å²) >= 11 is 0. The van der Waals surface area contributed by atoms with Gasteiger partial charge in [0.05, 0.1) is 13.7 Å². The molecule has 0 atom stereocenters. The first-order chi connectivity index (χ1) is 14.2. The van der Waals surface area contributed by atoms with E-state index in [-0.39, 0.29) is 23.5 Å². The maximum atomic E-state index is 13.2. The van der Waals surface area contributed by atoms with Crippen molar-refractivity contribution in [1.82, 2.24) is 5.06 Å². The van der Waals surface area contributed by atoms with Crippen molar-refractivity contribution in [2.24, 2.45) is 0 Å². The van der Waals surface area contributed by atoms with Gasteiger partial charge in [0.1, 0.15) is 5.57 Å². The topological polar surface area (TPSA) is 74.3 Å². The van der Waals surface area contributed by atoms with Crippen molar-refractivity contribution in [2.75, 3.05) is 26.8 Å². The molecule has 2 aliphatic rings. The van der Waals surface area contributed by atoms with E-state index in [9.17, 15) is 18.4 Å². The molecule has 0 bridgehead atoms. The smallest absolute Gasteiger partial charge is 0.447 e. The van der Waals surface area contributed by atoms with Crippen LogP contribution in [0.25, 0.3) is 5.57 Å². The Morgan fingerprint density at radius 2 is 1.83 bits per heavy atom. The highest BCUT2D eigenvalue weighted by atomic mass is 19.3. The Balaban J connectivity index is 2.13. The Morgan fingerprint density at radius 1 is 1.23 bits per heavy atom. The third kappa shape index (κ3) is 4.04. The number of piperidine rings is 1. The van der Waals surface area contributed by atoms with Crippen LogP contribution in [-0.4, -0.2) is 49.6 Å². The molecule has 0 radical (unpaired) electrons. The third-order valence-electron chi connectivity index (χ3n) is 5.43. The Morgan fingerprint density at radius 3 is 2.33 bits per heavy atom. The van der Waals surface area contributed by atoms with Crippen LogP contribution < -0.4 is 0 Å². The molecule has 0 aliphatic carbocycles. The molecule has 1 fully saturated rings. The zero-order valence-corrected chi connectivity index (χ0v) is 17.4. The van der Waals surface area contributed by atoms with Crippen LogP contribution in [0.5, 0.6) is 0 Å². The second kappa shape index (κ2) is 8.69. The van der Waals surface area contributed by atoms with Gasteiger partial charge in [0.15, 0.2) is 11.4 Å². The van der Waals surface area contributed by atoms with E-state index in [0.717, 1.165) is 0 Å². The van der Waals surface area contributed by atoms with E-state index in [1.165, 1.54) is 12.1 Å².